The number of amides is 3. The number of anilines is 1. The lowest BCUT2D eigenvalue weighted by atomic mass is 10.2. The Morgan fingerprint density at radius 3 is 2.65 bits per heavy atom. The highest BCUT2D eigenvalue weighted by molar-refractivity contribution is 6.30. The minimum atomic E-state index is -0.569. The van der Waals surface area contributed by atoms with Crippen molar-refractivity contribution in [3.8, 4) is 0 Å². The molecule has 0 spiro atoms. The Morgan fingerprint density at radius 2 is 2.00 bits per heavy atom. The molecular formula is C15H18ClN5O2. The summed E-state index contributed by atoms with van der Waals surface area (Å²) in [6.07, 6.45) is 3.41. The summed E-state index contributed by atoms with van der Waals surface area (Å²) in [5.74, 6) is -0.421. The maximum atomic E-state index is 11.8. The number of carbonyl (C=O) groups is 2. The molecule has 1 heterocycles. The fraction of sp³-hybridized carbons (Fsp3) is 0.267. The second-order valence-corrected chi connectivity index (χ2v) is 5.42. The highest BCUT2D eigenvalue weighted by Gasteiger charge is 2.15. The summed E-state index contributed by atoms with van der Waals surface area (Å²) in [5.41, 5.74) is 1.76. The summed E-state index contributed by atoms with van der Waals surface area (Å²) < 4.78 is 1.74. The second-order valence-electron chi connectivity index (χ2n) is 4.99. The molecule has 0 aliphatic rings. The van der Waals surface area contributed by atoms with Crippen LogP contribution < -0.4 is 16.0 Å². The van der Waals surface area contributed by atoms with Crippen molar-refractivity contribution < 1.29 is 9.59 Å². The van der Waals surface area contributed by atoms with Gasteiger partial charge in [-0.05, 0) is 24.6 Å². The lowest BCUT2D eigenvalue weighted by molar-refractivity contribution is -0.120. The van der Waals surface area contributed by atoms with Crippen molar-refractivity contribution in [3.63, 3.8) is 0 Å². The minimum absolute atomic E-state index is 0.421. The maximum absolute atomic E-state index is 11.8. The predicted molar refractivity (Wildman–Crippen MR) is 88.5 cm³/mol. The SMILES string of the molecule is CNC(=O)NC(=O)C(C)Nc1cnn(Cc2ccc(Cl)cc2)c1. The van der Waals surface area contributed by atoms with Crippen molar-refractivity contribution >= 4 is 29.2 Å². The van der Waals surface area contributed by atoms with Crippen molar-refractivity contribution in [1.29, 1.82) is 0 Å². The van der Waals surface area contributed by atoms with Crippen LogP contribution in [0.2, 0.25) is 5.02 Å². The molecule has 122 valence electrons. The minimum Gasteiger partial charge on any atom is -0.371 e. The van der Waals surface area contributed by atoms with Gasteiger partial charge in [0.05, 0.1) is 18.4 Å². The first kappa shape index (κ1) is 16.8. The lowest BCUT2D eigenvalue weighted by Gasteiger charge is -2.12. The van der Waals surface area contributed by atoms with Crippen molar-refractivity contribution in [2.75, 3.05) is 12.4 Å². The van der Waals surface area contributed by atoms with E-state index < -0.39 is 18.0 Å². The Hall–Kier alpha value is -2.54. The second kappa shape index (κ2) is 7.64. The molecule has 0 fully saturated rings. The molecule has 1 atom stereocenters. The highest BCUT2D eigenvalue weighted by atomic mass is 35.5. The van der Waals surface area contributed by atoms with Crippen LogP contribution in [0.4, 0.5) is 10.5 Å². The smallest absolute Gasteiger partial charge is 0.321 e. The van der Waals surface area contributed by atoms with Crippen LogP contribution in [0.15, 0.2) is 36.7 Å². The van der Waals surface area contributed by atoms with Crippen molar-refractivity contribution in [1.82, 2.24) is 20.4 Å². The third-order valence-corrected chi connectivity index (χ3v) is 3.38. The fourth-order valence-corrected chi connectivity index (χ4v) is 2.03. The molecule has 0 aliphatic heterocycles. The first-order valence-electron chi connectivity index (χ1n) is 7.04. The van der Waals surface area contributed by atoms with Gasteiger partial charge < -0.3 is 10.6 Å². The van der Waals surface area contributed by atoms with E-state index in [0.717, 1.165) is 5.56 Å². The van der Waals surface area contributed by atoms with E-state index >= 15 is 0 Å². The average molecular weight is 336 g/mol. The van der Waals surface area contributed by atoms with Crippen LogP contribution in [-0.2, 0) is 11.3 Å². The molecule has 3 N–H and O–H groups in total. The van der Waals surface area contributed by atoms with Crippen molar-refractivity contribution in [2.24, 2.45) is 0 Å². The average Bonchev–Trinajstić information content (AvgIpc) is 2.96. The summed E-state index contributed by atoms with van der Waals surface area (Å²) in [6, 6.07) is 6.39. The number of rotatable bonds is 5. The van der Waals surface area contributed by atoms with E-state index in [1.165, 1.54) is 7.05 Å². The number of nitrogens with one attached hydrogen (secondary N) is 3. The third-order valence-electron chi connectivity index (χ3n) is 3.13. The normalized spacial score (nSPS) is 11.6. The van der Waals surface area contributed by atoms with Gasteiger partial charge in [-0.3, -0.25) is 14.8 Å². The fourth-order valence-electron chi connectivity index (χ4n) is 1.90. The molecule has 0 saturated heterocycles. The van der Waals surface area contributed by atoms with Crippen molar-refractivity contribution in [2.45, 2.75) is 19.5 Å². The number of imide groups is 1. The molecule has 0 saturated carbocycles. The van der Waals surface area contributed by atoms with E-state index in [-0.39, 0.29) is 0 Å². The lowest BCUT2D eigenvalue weighted by Crippen LogP contribution is -2.44. The van der Waals surface area contributed by atoms with Gasteiger partial charge in [-0.15, -0.1) is 0 Å². The van der Waals surface area contributed by atoms with Gasteiger partial charge in [-0.25, -0.2) is 4.79 Å². The zero-order valence-electron chi connectivity index (χ0n) is 12.8. The zero-order chi connectivity index (χ0) is 16.8. The maximum Gasteiger partial charge on any atom is 0.321 e. The van der Waals surface area contributed by atoms with Gasteiger partial charge in [0.15, 0.2) is 0 Å². The molecule has 2 aromatic rings. The van der Waals surface area contributed by atoms with E-state index in [0.29, 0.717) is 17.3 Å². The third kappa shape index (κ3) is 5.00. The Bertz CT molecular complexity index is 683. The van der Waals surface area contributed by atoms with Gasteiger partial charge in [0.2, 0.25) is 5.91 Å². The number of halogens is 1. The molecule has 0 radical (unpaired) electrons. The molecule has 7 nitrogen and oxygen atoms in total. The topological polar surface area (TPSA) is 88.1 Å². The number of nitrogens with zero attached hydrogens (tertiary/aromatic N) is 2. The molecule has 23 heavy (non-hydrogen) atoms. The van der Waals surface area contributed by atoms with Gasteiger partial charge in [0.25, 0.3) is 0 Å². The molecule has 1 unspecified atom stereocenters. The van der Waals surface area contributed by atoms with E-state index in [2.05, 4.69) is 21.0 Å². The number of aromatic nitrogens is 2. The van der Waals surface area contributed by atoms with Gasteiger partial charge in [0, 0.05) is 18.3 Å². The summed E-state index contributed by atoms with van der Waals surface area (Å²) in [4.78, 5) is 22.9. The Kier molecular flexibility index (Phi) is 5.59. The van der Waals surface area contributed by atoms with Crippen LogP contribution >= 0.6 is 11.6 Å². The Morgan fingerprint density at radius 1 is 1.30 bits per heavy atom. The van der Waals surface area contributed by atoms with Crippen LogP contribution in [-0.4, -0.2) is 34.8 Å². The first-order valence-corrected chi connectivity index (χ1v) is 7.41. The number of benzene rings is 1. The molecule has 8 heteroatoms. The summed E-state index contributed by atoms with van der Waals surface area (Å²) in [7, 11) is 1.45. The summed E-state index contributed by atoms with van der Waals surface area (Å²) in [6.45, 7) is 2.26. The standard InChI is InChI=1S/C15H18ClN5O2/c1-10(14(22)20-15(23)17-2)19-13-7-18-21(9-13)8-11-3-5-12(16)6-4-11/h3-7,9-10,19H,8H2,1-2H3,(H2,17,20,22,23). The summed E-state index contributed by atoms with van der Waals surface area (Å²) >= 11 is 5.85. The van der Waals surface area contributed by atoms with Gasteiger partial charge in [0.1, 0.15) is 6.04 Å². The number of carbonyl (C=O) groups excluding carboxylic acids is 2. The largest absolute Gasteiger partial charge is 0.371 e. The molecule has 2 rings (SSSR count). The molecule has 1 aromatic heterocycles. The van der Waals surface area contributed by atoms with E-state index in [1.807, 2.05) is 24.3 Å². The molecule has 3 amide bonds. The van der Waals surface area contributed by atoms with Crippen LogP contribution in [0.25, 0.3) is 0 Å². The molecule has 0 bridgehead atoms. The van der Waals surface area contributed by atoms with Crippen LogP contribution in [0, 0.1) is 0 Å². The number of urea groups is 1. The van der Waals surface area contributed by atoms with E-state index in [1.54, 1.807) is 24.0 Å². The predicted octanol–water partition coefficient (Wildman–Crippen LogP) is 1.84. The van der Waals surface area contributed by atoms with Gasteiger partial charge in [-0.1, -0.05) is 23.7 Å². The van der Waals surface area contributed by atoms with E-state index in [9.17, 15) is 9.59 Å². The number of hydrogen-bond acceptors (Lipinski definition) is 4. The van der Waals surface area contributed by atoms with Crippen LogP contribution in [0.1, 0.15) is 12.5 Å². The Labute approximate surface area is 139 Å². The quantitative estimate of drug-likeness (QED) is 0.778. The first-order chi connectivity index (χ1) is 11.0. The monoisotopic (exact) mass is 335 g/mol. The van der Waals surface area contributed by atoms with Crippen LogP contribution in [0.3, 0.4) is 0 Å². The van der Waals surface area contributed by atoms with Crippen molar-refractivity contribution in [3.05, 3.63) is 47.2 Å². The zero-order valence-corrected chi connectivity index (χ0v) is 13.6. The molecular weight excluding hydrogens is 318 g/mol. The van der Waals surface area contributed by atoms with E-state index in [4.69, 9.17) is 11.6 Å². The molecule has 0 aliphatic carbocycles. The molecule has 1 aromatic carbocycles. The van der Waals surface area contributed by atoms with Gasteiger partial charge >= 0.3 is 6.03 Å². The van der Waals surface area contributed by atoms with Crippen LogP contribution in [0.5, 0.6) is 0 Å². The highest BCUT2D eigenvalue weighted by Crippen LogP contribution is 2.12. The Balaban J connectivity index is 1.92. The van der Waals surface area contributed by atoms with Gasteiger partial charge in [-0.2, -0.15) is 5.10 Å². The number of hydrogen-bond donors (Lipinski definition) is 3. The summed E-state index contributed by atoms with van der Waals surface area (Å²) in [5, 5.41) is 12.4.